The van der Waals surface area contributed by atoms with Crippen molar-refractivity contribution in [3.63, 3.8) is 0 Å². The van der Waals surface area contributed by atoms with Gasteiger partial charge in [0.1, 0.15) is 0 Å². The summed E-state index contributed by atoms with van der Waals surface area (Å²) in [5, 5.41) is 0.695. The van der Waals surface area contributed by atoms with E-state index in [0.29, 0.717) is 23.4 Å². The van der Waals surface area contributed by atoms with Gasteiger partial charge in [-0.1, -0.05) is 0 Å². The first-order valence-electron chi connectivity index (χ1n) is 8.94. The number of hydrogen-bond donors (Lipinski definition) is 0. The topological polar surface area (TPSA) is 39.2 Å². The van der Waals surface area contributed by atoms with E-state index < -0.39 is 11.6 Å². The maximum Gasteiger partial charge on any atom is 0.309 e. The van der Waals surface area contributed by atoms with Crippen molar-refractivity contribution in [3.05, 3.63) is 41.6 Å². The number of rotatable bonds is 3. The molecule has 1 unspecified atom stereocenters. The Morgan fingerprint density at radius 3 is 2.72 bits per heavy atom. The lowest BCUT2D eigenvalue weighted by Gasteiger charge is -2.30. The van der Waals surface area contributed by atoms with Crippen molar-refractivity contribution >= 4 is 16.9 Å². The van der Waals surface area contributed by atoms with Crippen LogP contribution in [0.3, 0.4) is 0 Å². The maximum atomic E-state index is 13.7. The molecule has 132 valence electrons. The van der Waals surface area contributed by atoms with Gasteiger partial charge in [-0.2, -0.15) is 0 Å². The predicted octanol–water partition coefficient (Wildman–Crippen LogP) is 4.74. The molecule has 1 heterocycles. The molecule has 3 nitrogen and oxygen atoms in total. The van der Waals surface area contributed by atoms with Crippen molar-refractivity contribution in [2.45, 2.75) is 44.9 Å². The Bertz CT molecular complexity index is 828. The second-order valence-corrected chi connectivity index (χ2v) is 7.33. The van der Waals surface area contributed by atoms with E-state index in [1.807, 2.05) is 13.0 Å². The maximum absolute atomic E-state index is 13.7. The fourth-order valence-electron chi connectivity index (χ4n) is 4.50. The van der Waals surface area contributed by atoms with Crippen molar-refractivity contribution in [2.75, 3.05) is 6.61 Å². The van der Waals surface area contributed by atoms with Crippen LogP contribution in [0.1, 0.15) is 50.5 Å². The average molecular weight is 345 g/mol. The van der Waals surface area contributed by atoms with Gasteiger partial charge in [0, 0.05) is 17.6 Å². The molecule has 2 saturated carbocycles. The second-order valence-electron chi connectivity index (χ2n) is 7.33. The highest BCUT2D eigenvalue weighted by Gasteiger charge is 2.59. The Morgan fingerprint density at radius 2 is 2.00 bits per heavy atom. The Kier molecular flexibility index (Phi) is 3.97. The van der Waals surface area contributed by atoms with Crippen molar-refractivity contribution in [2.24, 2.45) is 11.3 Å². The summed E-state index contributed by atoms with van der Waals surface area (Å²) in [7, 11) is 0. The Hall–Kier alpha value is -2.04. The summed E-state index contributed by atoms with van der Waals surface area (Å²) in [6, 6.07) is 4.34. The van der Waals surface area contributed by atoms with Crippen LogP contribution >= 0.6 is 0 Å². The highest BCUT2D eigenvalue weighted by molar-refractivity contribution is 5.82. The average Bonchev–Trinajstić information content (AvgIpc) is 3.30. The summed E-state index contributed by atoms with van der Waals surface area (Å²) in [5.41, 5.74) is 1.64. The van der Waals surface area contributed by atoms with Gasteiger partial charge in [0.15, 0.2) is 11.6 Å². The van der Waals surface area contributed by atoms with Crippen LogP contribution < -0.4 is 0 Å². The molecule has 2 aliphatic carbocycles. The third-order valence-electron chi connectivity index (χ3n) is 6.00. The summed E-state index contributed by atoms with van der Waals surface area (Å²) in [4.78, 5) is 16.1. The van der Waals surface area contributed by atoms with Crippen LogP contribution in [0.5, 0.6) is 0 Å². The third-order valence-corrected chi connectivity index (χ3v) is 6.00. The highest BCUT2D eigenvalue weighted by Crippen LogP contribution is 2.63. The summed E-state index contributed by atoms with van der Waals surface area (Å²) in [5.74, 6) is -1.42. The molecule has 1 aromatic carbocycles. The first kappa shape index (κ1) is 16.4. The minimum absolute atomic E-state index is 0.0501. The molecule has 1 atom stereocenters. The standard InChI is InChI=1S/C20H21F2NO2/c1-2-25-19(24)15-11-20(15)6-3-12(4-7-20)13-5-8-23-18-10-17(22)16(21)9-14(13)18/h5,8-10,12,15H,2-4,6-7,11H2,1H3. The summed E-state index contributed by atoms with van der Waals surface area (Å²) < 4.78 is 32.3. The van der Waals surface area contributed by atoms with Crippen molar-refractivity contribution < 1.29 is 18.3 Å². The normalized spacial score (nSPS) is 28.3. The predicted molar refractivity (Wildman–Crippen MR) is 90.0 cm³/mol. The first-order chi connectivity index (χ1) is 12.0. The molecule has 0 aliphatic heterocycles. The second kappa shape index (κ2) is 6.04. The molecule has 0 N–H and O–H groups in total. The first-order valence-corrected chi connectivity index (χ1v) is 8.94. The molecule has 0 radical (unpaired) electrons. The number of pyridine rings is 1. The van der Waals surface area contributed by atoms with Crippen molar-refractivity contribution in [1.29, 1.82) is 0 Å². The molecule has 2 aliphatic rings. The number of carbonyl (C=O) groups is 1. The molecule has 1 aromatic heterocycles. The molecule has 4 rings (SSSR count). The van der Waals surface area contributed by atoms with Gasteiger partial charge in [0.25, 0.3) is 0 Å². The van der Waals surface area contributed by atoms with Crippen molar-refractivity contribution in [1.82, 2.24) is 4.98 Å². The van der Waals surface area contributed by atoms with Crippen LogP contribution in [0.15, 0.2) is 24.4 Å². The molecule has 25 heavy (non-hydrogen) atoms. The molecule has 0 amide bonds. The minimum atomic E-state index is -0.866. The summed E-state index contributed by atoms with van der Waals surface area (Å²) in [6.45, 7) is 2.26. The molecule has 2 aromatic rings. The third kappa shape index (κ3) is 2.79. The van der Waals surface area contributed by atoms with Gasteiger partial charge >= 0.3 is 5.97 Å². The lowest BCUT2D eigenvalue weighted by molar-refractivity contribution is -0.145. The van der Waals surface area contributed by atoms with E-state index in [-0.39, 0.29) is 17.3 Å². The molecule has 0 bridgehead atoms. The van der Waals surface area contributed by atoms with E-state index in [4.69, 9.17) is 4.74 Å². The number of carbonyl (C=O) groups excluding carboxylic acids is 1. The van der Waals surface area contributed by atoms with E-state index in [1.165, 1.54) is 6.07 Å². The Labute approximate surface area is 145 Å². The number of fused-ring (bicyclic) bond motifs is 1. The number of nitrogens with zero attached hydrogens (tertiary/aromatic N) is 1. The zero-order valence-corrected chi connectivity index (χ0v) is 14.2. The van der Waals surface area contributed by atoms with Gasteiger partial charge in [0.05, 0.1) is 18.0 Å². The van der Waals surface area contributed by atoms with Crippen LogP contribution in [-0.4, -0.2) is 17.6 Å². The van der Waals surface area contributed by atoms with Crippen molar-refractivity contribution in [3.8, 4) is 0 Å². The quantitative estimate of drug-likeness (QED) is 0.754. The molecule has 5 heteroatoms. The summed E-state index contributed by atoms with van der Waals surface area (Å²) >= 11 is 0. The number of benzene rings is 1. The monoisotopic (exact) mass is 345 g/mol. The molecule has 2 fully saturated rings. The molecule has 1 spiro atoms. The zero-order chi connectivity index (χ0) is 17.6. The van der Waals surface area contributed by atoms with Gasteiger partial charge in [-0.05, 0) is 68.1 Å². The van der Waals surface area contributed by atoms with E-state index in [0.717, 1.165) is 43.7 Å². The zero-order valence-electron chi connectivity index (χ0n) is 14.2. The lowest BCUT2D eigenvalue weighted by Crippen LogP contribution is -2.20. The van der Waals surface area contributed by atoms with Crippen LogP contribution in [0, 0.1) is 23.0 Å². The van der Waals surface area contributed by atoms with E-state index in [9.17, 15) is 13.6 Å². The Balaban J connectivity index is 1.53. The number of ether oxygens (including phenoxy) is 1. The fraction of sp³-hybridized carbons (Fsp3) is 0.500. The van der Waals surface area contributed by atoms with Gasteiger partial charge in [0.2, 0.25) is 0 Å². The Morgan fingerprint density at radius 1 is 1.28 bits per heavy atom. The number of aromatic nitrogens is 1. The van der Waals surface area contributed by atoms with Crippen LogP contribution in [0.4, 0.5) is 8.78 Å². The lowest BCUT2D eigenvalue weighted by atomic mass is 9.75. The number of esters is 1. The molecule has 0 saturated heterocycles. The van der Waals surface area contributed by atoms with E-state index in [2.05, 4.69) is 4.98 Å². The van der Waals surface area contributed by atoms with Gasteiger partial charge in [-0.3, -0.25) is 9.78 Å². The highest BCUT2D eigenvalue weighted by atomic mass is 19.2. The number of hydrogen-bond acceptors (Lipinski definition) is 3. The van der Waals surface area contributed by atoms with Crippen LogP contribution in [0.25, 0.3) is 10.9 Å². The molecular weight excluding hydrogens is 324 g/mol. The smallest absolute Gasteiger partial charge is 0.309 e. The minimum Gasteiger partial charge on any atom is -0.466 e. The number of halogens is 2. The fourth-order valence-corrected chi connectivity index (χ4v) is 4.50. The van der Waals surface area contributed by atoms with E-state index >= 15 is 0 Å². The van der Waals surface area contributed by atoms with Crippen LogP contribution in [-0.2, 0) is 9.53 Å². The van der Waals surface area contributed by atoms with Crippen LogP contribution in [0.2, 0.25) is 0 Å². The molecular formula is C20H21F2NO2. The van der Waals surface area contributed by atoms with Gasteiger partial charge in [-0.25, -0.2) is 8.78 Å². The van der Waals surface area contributed by atoms with Gasteiger partial charge < -0.3 is 4.74 Å². The van der Waals surface area contributed by atoms with E-state index in [1.54, 1.807) is 6.20 Å². The SMILES string of the molecule is CCOC(=O)C1CC12CCC(c1ccnc3cc(F)c(F)cc13)CC2. The summed E-state index contributed by atoms with van der Waals surface area (Å²) in [6.07, 6.45) is 6.46. The van der Waals surface area contributed by atoms with Gasteiger partial charge in [-0.15, -0.1) is 0 Å². The largest absolute Gasteiger partial charge is 0.466 e.